The molecular formula is C30H30FN5O4. The van der Waals surface area contributed by atoms with Gasteiger partial charge in [-0.05, 0) is 49.6 Å². The number of aromatic nitrogens is 3. The van der Waals surface area contributed by atoms with Crippen molar-refractivity contribution in [3.05, 3.63) is 106 Å². The Balaban J connectivity index is 1.50. The Morgan fingerprint density at radius 1 is 1.07 bits per heavy atom. The Bertz CT molecular complexity index is 1630. The van der Waals surface area contributed by atoms with Gasteiger partial charge in [-0.1, -0.05) is 43.3 Å². The van der Waals surface area contributed by atoms with E-state index in [4.69, 9.17) is 4.74 Å². The van der Waals surface area contributed by atoms with Gasteiger partial charge in [0.05, 0.1) is 5.56 Å². The molecule has 1 saturated carbocycles. The van der Waals surface area contributed by atoms with Gasteiger partial charge in [0.15, 0.2) is 0 Å². The summed E-state index contributed by atoms with van der Waals surface area (Å²) in [6.45, 7) is 3.65. The van der Waals surface area contributed by atoms with Gasteiger partial charge < -0.3 is 15.4 Å². The first-order valence-corrected chi connectivity index (χ1v) is 13.2. The number of nitrogens with one attached hydrogen (secondary N) is 2. The van der Waals surface area contributed by atoms with Gasteiger partial charge in [-0.3, -0.25) is 14.2 Å². The third-order valence-corrected chi connectivity index (χ3v) is 6.78. The van der Waals surface area contributed by atoms with Crippen LogP contribution >= 0.6 is 0 Å². The van der Waals surface area contributed by atoms with Crippen LogP contribution in [0.25, 0.3) is 5.69 Å². The molecule has 40 heavy (non-hydrogen) atoms. The van der Waals surface area contributed by atoms with Crippen LogP contribution < -0.4 is 21.1 Å². The average Bonchev–Trinajstić information content (AvgIpc) is 3.73. The van der Waals surface area contributed by atoms with Gasteiger partial charge in [-0.15, -0.1) is 5.10 Å². The Kier molecular flexibility index (Phi) is 7.50. The fourth-order valence-electron chi connectivity index (χ4n) is 4.34. The highest BCUT2D eigenvalue weighted by Crippen LogP contribution is 2.30. The van der Waals surface area contributed by atoms with Crippen molar-refractivity contribution in [2.75, 3.05) is 5.32 Å². The number of carbonyl (C=O) groups excluding carboxylic acids is 2. The number of hydrogen-bond acceptors (Lipinski definition) is 5. The Hall–Kier alpha value is -4.73. The minimum absolute atomic E-state index is 0.0726. The van der Waals surface area contributed by atoms with E-state index < -0.39 is 23.5 Å². The maximum atomic E-state index is 15.5. The Morgan fingerprint density at radius 2 is 1.82 bits per heavy atom. The number of nitrogens with zero attached hydrogens (tertiary/aromatic N) is 3. The molecule has 2 N–H and O–H groups in total. The zero-order chi connectivity index (χ0) is 28.4. The van der Waals surface area contributed by atoms with Crippen LogP contribution in [0.15, 0.2) is 71.5 Å². The largest absolute Gasteiger partial charge is 0.485 e. The third-order valence-electron chi connectivity index (χ3n) is 6.78. The fraction of sp³-hybridized carbons (Fsp3) is 0.267. The molecule has 4 aromatic rings. The summed E-state index contributed by atoms with van der Waals surface area (Å²) in [7, 11) is 1.57. The van der Waals surface area contributed by atoms with E-state index >= 15 is 4.39 Å². The molecule has 1 aromatic heterocycles. The number of carbonyl (C=O) groups is 2. The minimum atomic E-state index is -0.815. The van der Waals surface area contributed by atoms with Gasteiger partial charge >= 0.3 is 5.69 Å². The molecule has 0 aliphatic heterocycles. The predicted octanol–water partition coefficient (Wildman–Crippen LogP) is 4.56. The van der Waals surface area contributed by atoms with Crippen molar-refractivity contribution in [2.24, 2.45) is 7.05 Å². The molecule has 1 heterocycles. The SMILES string of the molecule is CCc1nn(-c2cc(O[C@@H](C)c3ccccc3)c(C(=O)Nc3cccc(C(=O)NC4CC4)c3)cc2F)c(=O)n1C. The number of hydrogen-bond donors (Lipinski definition) is 2. The van der Waals surface area contributed by atoms with Crippen molar-refractivity contribution >= 4 is 17.5 Å². The maximum Gasteiger partial charge on any atom is 0.350 e. The lowest BCUT2D eigenvalue weighted by atomic mass is 10.1. The van der Waals surface area contributed by atoms with E-state index in [2.05, 4.69) is 15.7 Å². The van der Waals surface area contributed by atoms with Crippen LogP contribution in [-0.2, 0) is 13.5 Å². The van der Waals surface area contributed by atoms with Gasteiger partial charge in [0.25, 0.3) is 11.8 Å². The number of rotatable bonds is 9. The van der Waals surface area contributed by atoms with Crippen molar-refractivity contribution < 1.29 is 18.7 Å². The third kappa shape index (κ3) is 5.66. The molecule has 1 aliphatic carbocycles. The highest BCUT2D eigenvalue weighted by atomic mass is 19.1. The Morgan fingerprint density at radius 3 is 2.50 bits per heavy atom. The fourth-order valence-corrected chi connectivity index (χ4v) is 4.34. The van der Waals surface area contributed by atoms with Crippen molar-refractivity contribution in [3.8, 4) is 11.4 Å². The summed E-state index contributed by atoms with van der Waals surface area (Å²) < 4.78 is 24.0. The van der Waals surface area contributed by atoms with Crippen molar-refractivity contribution in [3.63, 3.8) is 0 Å². The van der Waals surface area contributed by atoms with E-state index in [1.165, 1.54) is 10.6 Å². The standard InChI is InChI=1S/C30H30FN5O4/c1-4-27-34-36(30(39)35(27)3)25-17-26(40-18(2)19-9-6-5-7-10-19)23(16-24(25)31)29(38)33-22-12-8-11-20(15-22)28(37)32-21-13-14-21/h5-12,15-18,21H,4,13-14H2,1-3H3,(H,32,37)(H,33,38)/t18-/m0/s1. The quantitative estimate of drug-likeness (QED) is 0.322. The Labute approximate surface area is 230 Å². The van der Waals surface area contributed by atoms with E-state index in [0.717, 1.165) is 29.2 Å². The number of amides is 2. The molecule has 0 spiro atoms. The second-order valence-corrected chi connectivity index (χ2v) is 9.78. The first-order valence-electron chi connectivity index (χ1n) is 13.2. The topological polar surface area (TPSA) is 107 Å². The van der Waals surface area contributed by atoms with Crippen molar-refractivity contribution in [1.29, 1.82) is 0 Å². The second kappa shape index (κ2) is 11.2. The molecule has 1 fully saturated rings. The lowest BCUT2D eigenvalue weighted by molar-refractivity contribution is 0.0949. The van der Waals surface area contributed by atoms with Crippen LogP contribution in [0.2, 0.25) is 0 Å². The van der Waals surface area contributed by atoms with E-state index in [9.17, 15) is 14.4 Å². The molecule has 0 bridgehead atoms. The van der Waals surface area contributed by atoms with E-state index in [-0.39, 0.29) is 28.9 Å². The van der Waals surface area contributed by atoms with E-state index in [1.54, 1.807) is 31.3 Å². The van der Waals surface area contributed by atoms with Crippen LogP contribution in [0, 0.1) is 5.82 Å². The van der Waals surface area contributed by atoms with Crippen molar-refractivity contribution in [2.45, 2.75) is 45.3 Å². The smallest absolute Gasteiger partial charge is 0.350 e. The van der Waals surface area contributed by atoms with Gasteiger partial charge in [0.2, 0.25) is 0 Å². The van der Waals surface area contributed by atoms with E-state index in [1.807, 2.05) is 44.2 Å². The van der Waals surface area contributed by atoms with Crippen molar-refractivity contribution in [1.82, 2.24) is 19.7 Å². The second-order valence-electron chi connectivity index (χ2n) is 9.78. The molecule has 10 heteroatoms. The summed E-state index contributed by atoms with van der Waals surface area (Å²) in [5.41, 5.74) is 0.895. The highest BCUT2D eigenvalue weighted by Gasteiger charge is 2.25. The van der Waals surface area contributed by atoms with Gasteiger partial charge in [0.1, 0.15) is 29.2 Å². The zero-order valence-corrected chi connectivity index (χ0v) is 22.5. The molecule has 1 atom stereocenters. The molecule has 3 aromatic carbocycles. The summed E-state index contributed by atoms with van der Waals surface area (Å²) in [5.74, 6) is -1.12. The number of benzene rings is 3. The number of ether oxygens (including phenoxy) is 1. The van der Waals surface area contributed by atoms with Crippen LogP contribution in [-0.4, -0.2) is 32.2 Å². The number of halogens is 1. The summed E-state index contributed by atoms with van der Waals surface area (Å²) in [5, 5.41) is 9.92. The normalized spacial score (nSPS) is 13.5. The molecule has 1 aliphatic rings. The summed E-state index contributed by atoms with van der Waals surface area (Å²) in [4.78, 5) is 38.7. The molecular weight excluding hydrogens is 513 g/mol. The molecule has 5 rings (SSSR count). The van der Waals surface area contributed by atoms with Gasteiger partial charge in [-0.2, -0.15) is 4.68 Å². The predicted molar refractivity (Wildman–Crippen MR) is 149 cm³/mol. The first kappa shape index (κ1) is 26.9. The maximum absolute atomic E-state index is 15.5. The molecule has 0 saturated heterocycles. The number of aryl methyl sites for hydroxylation is 1. The lowest BCUT2D eigenvalue weighted by Crippen LogP contribution is -2.25. The van der Waals surface area contributed by atoms with Crippen LogP contribution in [0.3, 0.4) is 0 Å². The molecule has 9 nitrogen and oxygen atoms in total. The molecule has 0 unspecified atom stereocenters. The zero-order valence-electron chi connectivity index (χ0n) is 22.5. The van der Waals surface area contributed by atoms with E-state index in [0.29, 0.717) is 23.5 Å². The first-order chi connectivity index (χ1) is 19.2. The summed E-state index contributed by atoms with van der Waals surface area (Å²) in [6.07, 6.45) is 1.90. The van der Waals surface area contributed by atoms with Crippen LogP contribution in [0.1, 0.15) is 64.9 Å². The van der Waals surface area contributed by atoms with Crippen LogP contribution in [0.5, 0.6) is 5.75 Å². The lowest BCUT2D eigenvalue weighted by Gasteiger charge is -2.19. The van der Waals surface area contributed by atoms with Crippen LogP contribution in [0.4, 0.5) is 10.1 Å². The highest BCUT2D eigenvalue weighted by molar-refractivity contribution is 6.07. The number of anilines is 1. The molecule has 206 valence electrons. The minimum Gasteiger partial charge on any atom is -0.485 e. The average molecular weight is 544 g/mol. The molecule has 2 amide bonds. The molecule has 0 radical (unpaired) electrons. The summed E-state index contributed by atoms with van der Waals surface area (Å²) in [6, 6.07) is 18.4. The van der Waals surface area contributed by atoms with Gasteiger partial charge in [0, 0.05) is 36.8 Å². The monoisotopic (exact) mass is 543 g/mol. The van der Waals surface area contributed by atoms with Gasteiger partial charge in [-0.25, -0.2) is 9.18 Å². The summed E-state index contributed by atoms with van der Waals surface area (Å²) >= 11 is 0.